The molecule has 0 aliphatic carbocycles. The van der Waals surface area contributed by atoms with Gasteiger partial charge in [0, 0.05) is 21.9 Å². The molecule has 0 atom stereocenters. The van der Waals surface area contributed by atoms with Crippen LogP contribution in [0.5, 0.6) is 0 Å². The van der Waals surface area contributed by atoms with E-state index in [1.54, 1.807) is 0 Å². The summed E-state index contributed by atoms with van der Waals surface area (Å²) in [4.78, 5) is 0. The van der Waals surface area contributed by atoms with E-state index >= 15 is 0 Å². The third kappa shape index (κ3) is 3.34. The quantitative estimate of drug-likeness (QED) is 0.219. The van der Waals surface area contributed by atoms with Gasteiger partial charge in [-0.05, 0) is 49.8 Å². The summed E-state index contributed by atoms with van der Waals surface area (Å²) in [5.41, 5.74) is 5.14. The minimum Gasteiger partial charge on any atom is -0.455 e. The number of benzene rings is 7. The highest BCUT2D eigenvalue weighted by molar-refractivity contribution is 6.24. The Balaban J connectivity index is 1.58. The van der Waals surface area contributed by atoms with Gasteiger partial charge in [0.25, 0.3) is 0 Å². The van der Waals surface area contributed by atoms with E-state index in [0.717, 1.165) is 43.8 Å². The molecule has 1 heteroatoms. The Kier molecular flexibility index (Phi) is 3.57. The Hall–Kier alpha value is -5.14. The Morgan fingerprint density at radius 1 is 0.410 bits per heavy atom. The molecule has 0 saturated heterocycles. The minimum absolute atomic E-state index is 0.0442. The Morgan fingerprint density at radius 3 is 1.64 bits per heavy atom. The van der Waals surface area contributed by atoms with Crippen LogP contribution in [0.4, 0.5) is 0 Å². The van der Waals surface area contributed by atoms with E-state index in [4.69, 9.17) is 12.6 Å². The SMILES string of the molecule is [2H]c1c([2H])c([2H])c2c(oc3c(-c4c5ccccc5c(-c5ccccc5-c5ccccc5)c5ccccc45)c([2H])c([2H])c([2H])c32)c1[2H]. The van der Waals surface area contributed by atoms with Crippen molar-refractivity contribution >= 4 is 43.5 Å². The van der Waals surface area contributed by atoms with E-state index in [1.807, 2.05) is 78.9 Å². The van der Waals surface area contributed by atoms with E-state index in [0.29, 0.717) is 5.56 Å². The summed E-state index contributed by atoms with van der Waals surface area (Å²) in [6, 6.07) is 31.9. The monoisotopic (exact) mass is 503 g/mol. The van der Waals surface area contributed by atoms with Crippen LogP contribution in [0.3, 0.4) is 0 Å². The van der Waals surface area contributed by atoms with Crippen molar-refractivity contribution < 1.29 is 14.0 Å². The number of hydrogen-bond acceptors (Lipinski definition) is 1. The molecule has 0 amide bonds. The minimum atomic E-state index is -0.445. The van der Waals surface area contributed by atoms with Gasteiger partial charge >= 0.3 is 0 Å². The first-order valence-electron chi connectivity index (χ1n) is 16.3. The zero-order chi connectivity index (χ0) is 31.9. The van der Waals surface area contributed by atoms with Gasteiger partial charge in [-0.1, -0.05) is 139 Å². The summed E-state index contributed by atoms with van der Waals surface area (Å²) < 4.78 is 66.9. The molecular formula is C38H24O. The summed E-state index contributed by atoms with van der Waals surface area (Å²) in [6.45, 7) is 0. The fraction of sp³-hybridized carbons (Fsp3) is 0. The topological polar surface area (TPSA) is 13.1 Å². The molecule has 8 aromatic rings. The molecule has 0 N–H and O–H groups in total. The highest BCUT2D eigenvalue weighted by Gasteiger charge is 2.21. The fourth-order valence-electron chi connectivity index (χ4n) is 5.76. The molecule has 7 aromatic carbocycles. The third-order valence-corrected chi connectivity index (χ3v) is 7.40. The molecule has 0 spiro atoms. The number of furan rings is 1. The summed E-state index contributed by atoms with van der Waals surface area (Å²) in [5, 5.41) is 3.62. The van der Waals surface area contributed by atoms with Gasteiger partial charge in [0.1, 0.15) is 11.2 Å². The molecule has 0 fully saturated rings. The highest BCUT2D eigenvalue weighted by atomic mass is 16.3. The smallest absolute Gasteiger partial charge is 0.143 e. The van der Waals surface area contributed by atoms with E-state index in [2.05, 4.69) is 24.3 Å². The molecule has 0 aliphatic rings. The van der Waals surface area contributed by atoms with E-state index in [1.165, 1.54) is 0 Å². The Bertz CT molecular complexity index is 2500. The number of fused-ring (bicyclic) bond motifs is 5. The standard InChI is InChI=1S/C38H24O/c1-2-13-25(14-3-1)26-15-4-5-17-28(26)36-29-18-6-8-20-31(29)37(32-21-9-7-19-30(32)36)34-23-12-22-33-27-16-10-11-24-35(27)39-38(33)34/h1-24H/i10D,11D,12D,16D,22D,23D,24D. The predicted octanol–water partition coefficient (Wildman–Crippen LogP) is 10.9. The average molecular weight is 504 g/mol. The number of hydrogen-bond donors (Lipinski definition) is 0. The summed E-state index contributed by atoms with van der Waals surface area (Å²) in [5.74, 6) is 0. The molecule has 0 saturated carbocycles. The van der Waals surface area contributed by atoms with Crippen molar-refractivity contribution in [3.05, 3.63) is 145 Å². The molecular weight excluding hydrogens is 472 g/mol. The van der Waals surface area contributed by atoms with Crippen molar-refractivity contribution in [2.45, 2.75) is 0 Å². The van der Waals surface area contributed by atoms with E-state index in [-0.39, 0.29) is 57.7 Å². The summed E-state index contributed by atoms with van der Waals surface area (Å²) >= 11 is 0. The van der Waals surface area contributed by atoms with E-state index < -0.39 is 12.1 Å². The molecule has 0 radical (unpaired) electrons. The van der Waals surface area contributed by atoms with Crippen LogP contribution in [0, 0.1) is 0 Å². The fourth-order valence-corrected chi connectivity index (χ4v) is 5.76. The number of para-hydroxylation sites is 2. The van der Waals surface area contributed by atoms with Gasteiger partial charge in [-0.15, -0.1) is 0 Å². The van der Waals surface area contributed by atoms with Crippen molar-refractivity contribution in [3.8, 4) is 33.4 Å². The van der Waals surface area contributed by atoms with Gasteiger partial charge in [0.2, 0.25) is 0 Å². The van der Waals surface area contributed by atoms with Gasteiger partial charge in [-0.3, -0.25) is 0 Å². The largest absolute Gasteiger partial charge is 0.455 e. The normalized spacial score (nSPS) is 14.1. The van der Waals surface area contributed by atoms with Gasteiger partial charge in [0.15, 0.2) is 0 Å². The molecule has 0 unspecified atom stereocenters. The molecule has 0 aliphatic heterocycles. The van der Waals surface area contributed by atoms with Crippen molar-refractivity contribution in [1.29, 1.82) is 0 Å². The molecule has 1 nitrogen and oxygen atoms in total. The maximum absolute atomic E-state index is 9.20. The molecule has 1 heterocycles. The molecule has 1 aromatic heterocycles. The van der Waals surface area contributed by atoms with Crippen LogP contribution in [-0.4, -0.2) is 0 Å². The maximum atomic E-state index is 9.20. The average Bonchev–Trinajstić information content (AvgIpc) is 3.50. The highest BCUT2D eigenvalue weighted by Crippen LogP contribution is 2.47. The second-order valence-electron chi connectivity index (χ2n) is 9.51. The lowest BCUT2D eigenvalue weighted by Gasteiger charge is -2.19. The lowest BCUT2D eigenvalue weighted by Crippen LogP contribution is -1.92. The van der Waals surface area contributed by atoms with Crippen LogP contribution in [-0.2, 0) is 0 Å². The molecule has 182 valence electrons. The maximum Gasteiger partial charge on any atom is 0.143 e. The van der Waals surface area contributed by atoms with Crippen LogP contribution >= 0.6 is 0 Å². The molecule has 0 bridgehead atoms. The first-order chi connectivity index (χ1) is 22.3. The van der Waals surface area contributed by atoms with Crippen LogP contribution in [0.25, 0.3) is 76.9 Å². The van der Waals surface area contributed by atoms with Crippen LogP contribution in [0.15, 0.2) is 150 Å². The van der Waals surface area contributed by atoms with Gasteiger partial charge in [-0.25, -0.2) is 0 Å². The van der Waals surface area contributed by atoms with Gasteiger partial charge in [0.05, 0.1) is 9.60 Å². The first-order valence-corrected chi connectivity index (χ1v) is 12.8. The molecule has 8 rings (SSSR count). The van der Waals surface area contributed by atoms with Crippen molar-refractivity contribution in [1.82, 2.24) is 0 Å². The zero-order valence-electron chi connectivity index (χ0n) is 27.7. The Morgan fingerprint density at radius 2 is 0.949 bits per heavy atom. The van der Waals surface area contributed by atoms with E-state index in [9.17, 15) is 1.37 Å². The van der Waals surface area contributed by atoms with Gasteiger partial charge < -0.3 is 4.42 Å². The lowest BCUT2D eigenvalue weighted by atomic mass is 9.83. The second kappa shape index (κ2) is 8.72. The third-order valence-electron chi connectivity index (χ3n) is 7.40. The second-order valence-corrected chi connectivity index (χ2v) is 9.51. The van der Waals surface area contributed by atoms with Crippen LogP contribution < -0.4 is 0 Å². The summed E-state index contributed by atoms with van der Waals surface area (Å²) in [6.07, 6.45) is 0. The van der Waals surface area contributed by atoms with Crippen LogP contribution in [0.1, 0.15) is 9.60 Å². The lowest BCUT2D eigenvalue weighted by molar-refractivity contribution is 0.670. The number of rotatable bonds is 3. The van der Waals surface area contributed by atoms with Gasteiger partial charge in [-0.2, -0.15) is 0 Å². The van der Waals surface area contributed by atoms with Crippen molar-refractivity contribution in [3.63, 3.8) is 0 Å². The first kappa shape index (κ1) is 16.0. The molecule has 39 heavy (non-hydrogen) atoms. The van der Waals surface area contributed by atoms with Crippen LogP contribution in [0.2, 0.25) is 0 Å². The Labute approximate surface area is 236 Å². The summed E-state index contributed by atoms with van der Waals surface area (Å²) in [7, 11) is 0. The predicted molar refractivity (Wildman–Crippen MR) is 165 cm³/mol. The van der Waals surface area contributed by atoms with Crippen molar-refractivity contribution in [2.24, 2.45) is 0 Å². The zero-order valence-corrected chi connectivity index (χ0v) is 20.7. The van der Waals surface area contributed by atoms with Crippen molar-refractivity contribution in [2.75, 3.05) is 0 Å².